The zero-order valence-corrected chi connectivity index (χ0v) is 18.1. The number of hydrogen-bond acceptors (Lipinski definition) is 4. The van der Waals surface area contributed by atoms with E-state index in [0.29, 0.717) is 6.42 Å². The summed E-state index contributed by atoms with van der Waals surface area (Å²) in [5, 5.41) is 4.46. The minimum absolute atomic E-state index is 0.152. The molecule has 0 radical (unpaired) electrons. The third-order valence-electron chi connectivity index (χ3n) is 5.49. The van der Waals surface area contributed by atoms with E-state index < -0.39 is 39.1 Å². The molecular formula is C22H21F3N2O2S2. The van der Waals surface area contributed by atoms with E-state index in [4.69, 9.17) is 0 Å². The number of rotatable bonds is 6. The highest BCUT2D eigenvalue weighted by molar-refractivity contribution is 7.89. The first-order valence-electron chi connectivity index (χ1n) is 9.79. The molecular weight excluding hydrogens is 445 g/mol. The molecule has 0 spiro atoms. The minimum Gasteiger partial charge on any atom is -0.311 e. The Hall–Kier alpha value is -2.07. The molecule has 0 bridgehead atoms. The van der Waals surface area contributed by atoms with E-state index >= 15 is 0 Å². The molecule has 4 nitrogen and oxygen atoms in total. The van der Waals surface area contributed by atoms with Crippen LogP contribution in [0.4, 0.5) is 13.2 Å². The van der Waals surface area contributed by atoms with Gasteiger partial charge in [0.05, 0.1) is 4.90 Å². The maximum absolute atomic E-state index is 13.9. The van der Waals surface area contributed by atoms with Gasteiger partial charge in [-0.1, -0.05) is 30.3 Å². The van der Waals surface area contributed by atoms with Gasteiger partial charge >= 0.3 is 0 Å². The number of hydrogen-bond donors (Lipinski definition) is 2. The van der Waals surface area contributed by atoms with Crippen LogP contribution >= 0.6 is 12.6 Å². The van der Waals surface area contributed by atoms with Crippen molar-refractivity contribution in [1.82, 2.24) is 9.62 Å². The standard InChI is InChI=1S/C22H21F3N2O2S2/c23-20-7-8-21(24)22(25)19(20)12-26-11-16-10-17(30)13-27(16)31(28,29)18-6-5-14-3-1-2-4-15(14)9-18/h1-9,16-17,26,30H,10-13H2/t16-,17+/m0/s1. The van der Waals surface area contributed by atoms with Crippen LogP contribution in [0.1, 0.15) is 12.0 Å². The molecule has 1 aliphatic rings. The monoisotopic (exact) mass is 466 g/mol. The van der Waals surface area contributed by atoms with Gasteiger partial charge < -0.3 is 5.32 Å². The van der Waals surface area contributed by atoms with Gasteiger partial charge in [-0.15, -0.1) is 0 Å². The Kier molecular flexibility index (Phi) is 6.30. The Morgan fingerprint density at radius 3 is 2.48 bits per heavy atom. The van der Waals surface area contributed by atoms with Crippen LogP contribution in [-0.2, 0) is 16.6 Å². The lowest BCUT2D eigenvalue weighted by atomic mass is 10.1. The predicted octanol–water partition coefficient (Wildman–Crippen LogP) is 4.11. The summed E-state index contributed by atoms with van der Waals surface area (Å²) in [6.07, 6.45) is 0.483. The first-order valence-corrected chi connectivity index (χ1v) is 11.7. The molecule has 0 amide bonds. The summed E-state index contributed by atoms with van der Waals surface area (Å²) in [7, 11) is -3.79. The molecule has 0 aromatic heterocycles. The van der Waals surface area contributed by atoms with E-state index in [1.165, 1.54) is 4.31 Å². The molecule has 164 valence electrons. The number of fused-ring (bicyclic) bond motifs is 1. The van der Waals surface area contributed by atoms with Gasteiger partial charge in [0.2, 0.25) is 10.0 Å². The summed E-state index contributed by atoms with van der Waals surface area (Å²) in [4.78, 5) is 0.181. The smallest absolute Gasteiger partial charge is 0.243 e. The Balaban J connectivity index is 1.52. The molecule has 1 saturated heterocycles. The predicted molar refractivity (Wildman–Crippen MR) is 117 cm³/mol. The second-order valence-electron chi connectivity index (χ2n) is 7.58. The van der Waals surface area contributed by atoms with Crippen LogP contribution in [0.25, 0.3) is 10.8 Å². The first-order chi connectivity index (χ1) is 14.8. The van der Waals surface area contributed by atoms with Crippen LogP contribution < -0.4 is 5.32 Å². The number of halogens is 3. The molecule has 1 aliphatic heterocycles. The Morgan fingerprint density at radius 1 is 1.00 bits per heavy atom. The number of thiol groups is 1. The SMILES string of the molecule is O=S(=O)(c1ccc2ccccc2c1)N1C[C@H](S)C[C@H]1CNCc1c(F)ccc(F)c1F. The van der Waals surface area contributed by atoms with Gasteiger partial charge in [-0.25, -0.2) is 21.6 Å². The van der Waals surface area contributed by atoms with E-state index in [9.17, 15) is 21.6 Å². The van der Waals surface area contributed by atoms with E-state index in [0.717, 1.165) is 22.9 Å². The van der Waals surface area contributed by atoms with Gasteiger partial charge in [-0.2, -0.15) is 16.9 Å². The molecule has 0 aliphatic carbocycles. The lowest BCUT2D eigenvalue weighted by Crippen LogP contribution is -2.41. The summed E-state index contributed by atoms with van der Waals surface area (Å²) < 4.78 is 69.1. The Morgan fingerprint density at radius 2 is 1.71 bits per heavy atom. The average Bonchev–Trinajstić information content (AvgIpc) is 3.14. The Labute approximate surface area is 184 Å². The molecule has 0 unspecified atom stereocenters. The maximum atomic E-state index is 13.9. The number of nitrogens with zero attached hydrogens (tertiary/aromatic N) is 1. The average molecular weight is 467 g/mol. The second kappa shape index (κ2) is 8.82. The van der Waals surface area contributed by atoms with E-state index in [2.05, 4.69) is 17.9 Å². The normalized spacial score (nSPS) is 19.9. The molecule has 31 heavy (non-hydrogen) atoms. The van der Waals surface area contributed by atoms with E-state index in [-0.39, 0.29) is 29.8 Å². The number of sulfonamides is 1. The molecule has 9 heteroatoms. The summed E-state index contributed by atoms with van der Waals surface area (Å²) in [6, 6.07) is 13.6. The van der Waals surface area contributed by atoms with Crippen molar-refractivity contribution >= 4 is 33.4 Å². The first kappa shape index (κ1) is 22.1. The van der Waals surface area contributed by atoms with Gasteiger partial charge in [0.15, 0.2) is 11.6 Å². The molecule has 3 aromatic carbocycles. The van der Waals surface area contributed by atoms with Crippen LogP contribution in [0.2, 0.25) is 0 Å². The van der Waals surface area contributed by atoms with Gasteiger partial charge in [0.25, 0.3) is 0 Å². The van der Waals surface area contributed by atoms with Gasteiger partial charge in [-0.05, 0) is 41.5 Å². The number of benzene rings is 3. The summed E-state index contributed by atoms with van der Waals surface area (Å²) in [6.45, 7) is 0.125. The highest BCUT2D eigenvalue weighted by atomic mass is 32.2. The van der Waals surface area contributed by atoms with Crippen LogP contribution in [0, 0.1) is 17.5 Å². The molecule has 3 aromatic rings. The largest absolute Gasteiger partial charge is 0.311 e. The summed E-state index contributed by atoms with van der Waals surface area (Å²) in [5.41, 5.74) is -0.413. The molecule has 1 fully saturated rings. The fourth-order valence-electron chi connectivity index (χ4n) is 3.90. The van der Waals surface area contributed by atoms with Gasteiger partial charge in [0.1, 0.15) is 5.82 Å². The van der Waals surface area contributed by atoms with Crippen molar-refractivity contribution in [1.29, 1.82) is 0 Å². The second-order valence-corrected chi connectivity index (χ2v) is 10.2. The highest BCUT2D eigenvalue weighted by Gasteiger charge is 2.38. The van der Waals surface area contributed by atoms with Crippen LogP contribution in [-0.4, -0.2) is 37.1 Å². The quantitative estimate of drug-likeness (QED) is 0.425. The van der Waals surface area contributed by atoms with Crippen LogP contribution in [0.15, 0.2) is 59.5 Å². The third kappa shape index (κ3) is 4.45. The van der Waals surface area contributed by atoms with Crippen molar-refractivity contribution < 1.29 is 21.6 Å². The molecule has 0 saturated carbocycles. The van der Waals surface area contributed by atoms with Gasteiger partial charge in [-0.3, -0.25) is 0 Å². The third-order valence-corrected chi connectivity index (χ3v) is 7.78. The fraction of sp³-hybridized carbons (Fsp3) is 0.273. The van der Waals surface area contributed by atoms with Crippen LogP contribution in [0.5, 0.6) is 0 Å². The van der Waals surface area contributed by atoms with Crippen LogP contribution in [0.3, 0.4) is 0 Å². The number of nitrogens with one attached hydrogen (secondary N) is 1. The fourth-order valence-corrected chi connectivity index (χ4v) is 6.15. The summed E-state index contributed by atoms with van der Waals surface area (Å²) >= 11 is 4.45. The topological polar surface area (TPSA) is 49.4 Å². The zero-order valence-electron chi connectivity index (χ0n) is 16.4. The zero-order chi connectivity index (χ0) is 22.2. The van der Waals surface area contributed by atoms with Crippen molar-refractivity contribution in [2.24, 2.45) is 0 Å². The Bertz CT molecular complexity index is 1220. The highest BCUT2D eigenvalue weighted by Crippen LogP contribution is 2.30. The maximum Gasteiger partial charge on any atom is 0.243 e. The molecule has 1 N–H and O–H groups in total. The molecule has 2 atom stereocenters. The van der Waals surface area contributed by atoms with Gasteiger partial charge in [0, 0.05) is 36.5 Å². The summed E-state index contributed by atoms with van der Waals surface area (Å²) in [5.74, 6) is -3.23. The lowest BCUT2D eigenvalue weighted by molar-refractivity contribution is 0.368. The molecule has 4 rings (SSSR count). The van der Waals surface area contributed by atoms with E-state index in [1.807, 2.05) is 24.3 Å². The minimum atomic E-state index is -3.79. The van der Waals surface area contributed by atoms with Crippen molar-refractivity contribution in [3.05, 3.63) is 77.6 Å². The van der Waals surface area contributed by atoms with Crippen molar-refractivity contribution in [2.45, 2.75) is 29.2 Å². The van der Waals surface area contributed by atoms with Crippen molar-refractivity contribution in [3.8, 4) is 0 Å². The van der Waals surface area contributed by atoms with Crippen molar-refractivity contribution in [2.75, 3.05) is 13.1 Å². The van der Waals surface area contributed by atoms with Crippen molar-refractivity contribution in [3.63, 3.8) is 0 Å². The lowest BCUT2D eigenvalue weighted by Gasteiger charge is -2.24. The van der Waals surface area contributed by atoms with E-state index in [1.54, 1.807) is 18.2 Å². The molecule has 1 heterocycles.